The summed E-state index contributed by atoms with van der Waals surface area (Å²) in [4.78, 5) is 40.1. The van der Waals surface area contributed by atoms with E-state index in [0.29, 0.717) is 17.9 Å². The fourth-order valence-corrected chi connectivity index (χ4v) is 5.36. The zero-order chi connectivity index (χ0) is 24.9. The van der Waals surface area contributed by atoms with E-state index < -0.39 is 11.9 Å². The largest absolute Gasteiger partial charge is 0.478 e. The molecule has 8 nitrogen and oxygen atoms in total. The molecule has 0 saturated heterocycles. The molecule has 2 aromatic heterocycles. The van der Waals surface area contributed by atoms with E-state index in [4.69, 9.17) is 10.2 Å². The van der Waals surface area contributed by atoms with E-state index >= 15 is 0 Å². The standard InChI is InChI=1S/C23H27N3O.C4H4O4/c1-15-19(25-14-24-15)12-17-10-11-21-22(23(17)27)18-8-4-5-9-20(18)26(21)13-16-6-2-3-7-16;5-3(6)1-2-4(7)8/h4-5,8-9,14,16-17H,2-3,6-7,10-13H2,1H3,(H,24,25);1-2H,(H,5,6)(H,7,8). The van der Waals surface area contributed by atoms with Crippen molar-refractivity contribution in [3.63, 3.8) is 0 Å². The Balaban J connectivity index is 0.000000314. The number of ketones is 1. The van der Waals surface area contributed by atoms with Crippen molar-refractivity contribution >= 4 is 28.6 Å². The van der Waals surface area contributed by atoms with E-state index in [1.807, 2.05) is 6.92 Å². The number of hydrogen-bond donors (Lipinski definition) is 3. The van der Waals surface area contributed by atoms with E-state index in [1.54, 1.807) is 6.33 Å². The molecule has 3 aromatic rings. The van der Waals surface area contributed by atoms with Crippen LogP contribution < -0.4 is 0 Å². The minimum atomic E-state index is -1.26. The number of aromatic amines is 1. The molecule has 1 atom stereocenters. The average Bonchev–Trinajstić information content (AvgIpc) is 3.56. The maximum atomic E-state index is 13.5. The smallest absolute Gasteiger partial charge is 0.328 e. The number of carboxylic acids is 2. The Morgan fingerprint density at radius 2 is 1.80 bits per heavy atom. The van der Waals surface area contributed by atoms with Crippen LogP contribution in [0.3, 0.4) is 0 Å². The Kier molecular flexibility index (Phi) is 7.48. The van der Waals surface area contributed by atoms with Gasteiger partial charge in [-0.2, -0.15) is 0 Å². The van der Waals surface area contributed by atoms with Crippen molar-refractivity contribution in [2.75, 3.05) is 0 Å². The first kappa shape index (κ1) is 24.4. The first-order chi connectivity index (χ1) is 16.8. The molecule has 5 rings (SSSR count). The normalized spacial score (nSPS) is 18.0. The van der Waals surface area contributed by atoms with Gasteiger partial charge in [0.1, 0.15) is 0 Å². The summed E-state index contributed by atoms with van der Waals surface area (Å²) in [5.74, 6) is -1.38. The number of para-hydroxylation sites is 1. The number of carbonyl (C=O) groups is 3. The van der Waals surface area contributed by atoms with Crippen molar-refractivity contribution < 1.29 is 24.6 Å². The number of fused-ring (bicyclic) bond motifs is 3. The second-order valence-corrected chi connectivity index (χ2v) is 9.39. The van der Waals surface area contributed by atoms with Crippen LogP contribution >= 0.6 is 0 Å². The van der Waals surface area contributed by atoms with Gasteiger partial charge in [-0.25, -0.2) is 14.6 Å². The number of carboxylic acid groups (broad SMARTS) is 2. The van der Waals surface area contributed by atoms with Crippen molar-refractivity contribution in [1.82, 2.24) is 14.5 Å². The number of aryl methyl sites for hydroxylation is 1. The summed E-state index contributed by atoms with van der Waals surface area (Å²) in [6, 6.07) is 8.51. The Morgan fingerprint density at radius 3 is 2.43 bits per heavy atom. The number of rotatable bonds is 6. The van der Waals surface area contributed by atoms with Gasteiger partial charge in [0.2, 0.25) is 0 Å². The second-order valence-electron chi connectivity index (χ2n) is 9.39. The first-order valence-electron chi connectivity index (χ1n) is 12.1. The lowest BCUT2D eigenvalue weighted by Gasteiger charge is -2.23. The van der Waals surface area contributed by atoms with Gasteiger partial charge < -0.3 is 19.8 Å². The van der Waals surface area contributed by atoms with E-state index in [0.717, 1.165) is 54.1 Å². The molecule has 1 fully saturated rings. The zero-order valence-corrected chi connectivity index (χ0v) is 19.9. The summed E-state index contributed by atoms with van der Waals surface area (Å²) >= 11 is 0. The van der Waals surface area contributed by atoms with Crippen molar-refractivity contribution in [1.29, 1.82) is 0 Å². The molecule has 2 aliphatic rings. The molecule has 0 radical (unpaired) electrons. The second kappa shape index (κ2) is 10.7. The number of hydrogen-bond acceptors (Lipinski definition) is 4. The molecule has 184 valence electrons. The first-order valence-corrected chi connectivity index (χ1v) is 12.1. The summed E-state index contributed by atoms with van der Waals surface area (Å²) < 4.78 is 2.48. The van der Waals surface area contributed by atoms with Crippen LogP contribution in [0, 0.1) is 18.8 Å². The van der Waals surface area contributed by atoms with Gasteiger partial charge in [-0.05, 0) is 44.6 Å². The topological polar surface area (TPSA) is 125 Å². The van der Waals surface area contributed by atoms with Gasteiger partial charge in [-0.3, -0.25) is 4.79 Å². The summed E-state index contributed by atoms with van der Waals surface area (Å²) in [7, 11) is 0. The molecule has 1 aromatic carbocycles. The molecule has 35 heavy (non-hydrogen) atoms. The van der Waals surface area contributed by atoms with Gasteiger partial charge in [-0.15, -0.1) is 0 Å². The maximum Gasteiger partial charge on any atom is 0.328 e. The molecule has 0 spiro atoms. The quantitative estimate of drug-likeness (QED) is 0.447. The van der Waals surface area contributed by atoms with Crippen molar-refractivity contribution in [2.24, 2.45) is 11.8 Å². The molecule has 0 bridgehead atoms. The number of aromatic nitrogens is 3. The predicted octanol–water partition coefficient (Wildman–Crippen LogP) is 4.56. The third-order valence-electron chi connectivity index (χ3n) is 7.08. The summed E-state index contributed by atoms with van der Waals surface area (Å²) in [6.07, 6.45) is 10.9. The molecule has 1 saturated carbocycles. The van der Waals surface area contributed by atoms with Crippen LogP contribution in [0.4, 0.5) is 0 Å². The number of nitrogens with one attached hydrogen (secondary N) is 1. The van der Waals surface area contributed by atoms with Crippen LogP contribution in [0.1, 0.15) is 59.5 Å². The Morgan fingerprint density at radius 1 is 1.11 bits per heavy atom. The lowest BCUT2D eigenvalue weighted by molar-refractivity contribution is -0.134. The van der Waals surface area contributed by atoms with E-state index in [1.165, 1.54) is 36.9 Å². The number of aliphatic carboxylic acids is 2. The van der Waals surface area contributed by atoms with Gasteiger partial charge >= 0.3 is 11.9 Å². The van der Waals surface area contributed by atoms with Crippen LogP contribution in [0.5, 0.6) is 0 Å². The molecule has 2 heterocycles. The van der Waals surface area contributed by atoms with Crippen LogP contribution in [0.25, 0.3) is 10.9 Å². The monoisotopic (exact) mass is 477 g/mol. The Bertz CT molecular complexity index is 1250. The predicted molar refractivity (Wildman–Crippen MR) is 131 cm³/mol. The van der Waals surface area contributed by atoms with Crippen molar-refractivity contribution in [2.45, 2.75) is 58.4 Å². The van der Waals surface area contributed by atoms with Gasteiger partial charge in [0.15, 0.2) is 5.78 Å². The maximum absolute atomic E-state index is 13.5. The van der Waals surface area contributed by atoms with Gasteiger partial charge in [0, 0.05) is 58.9 Å². The average molecular weight is 478 g/mol. The molecule has 2 aliphatic carbocycles. The Hall–Kier alpha value is -3.68. The summed E-state index contributed by atoms with van der Waals surface area (Å²) in [5, 5.41) is 16.8. The number of Topliss-reactive ketones (excluding diaryl/α,β-unsaturated/α-hetero) is 1. The highest BCUT2D eigenvalue weighted by molar-refractivity contribution is 6.11. The van der Waals surface area contributed by atoms with E-state index in [-0.39, 0.29) is 5.92 Å². The molecule has 3 N–H and O–H groups in total. The molecule has 8 heteroatoms. The van der Waals surface area contributed by atoms with Crippen LogP contribution in [-0.2, 0) is 29.0 Å². The van der Waals surface area contributed by atoms with Gasteiger partial charge in [0.25, 0.3) is 0 Å². The minimum Gasteiger partial charge on any atom is -0.478 e. The fraction of sp³-hybridized carbons (Fsp3) is 0.407. The van der Waals surface area contributed by atoms with Gasteiger partial charge in [0.05, 0.1) is 12.0 Å². The van der Waals surface area contributed by atoms with Crippen molar-refractivity contribution in [3.8, 4) is 0 Å². The van der Waals surface area contributed by atoms with E-state index in [9.17, 15) is 14.4 Å². The lowest BCUT2D eigenvalue weighted by atomic mass is 9.82. The van der Waals surface area contributed by atoms with Crippen LogP contribution in [0.15, 0.2) is 42.7 Å². The Labute approximate surface area is 203 Å². The zero-order valence-electron chi connectivity index (χ0n) is 19.9. The lowest BCUT2D eigenvalue weighted by Crippen LogP contribution is -2.26. The number of H-pyrrole nitrogens is 1. The highest BCUT2D eigenvalue weighted by Crippen LogP contribution is 2.37. The third kappa shape index (κ3) is 5.53. The number of carbonyl (C=O) groups excluding carboxylic acids is 1. The molecular formula is C27H31N3O5. The number of imidazole rings is 1. The number of benzene rings is 1. The number of nitrogens with zero attached hydrogens (tertiary/aromatic N) is 2. The van der Waals surface area contributed by atoms with Crippen molar-refractivity contribution in [3.05, 3.63) is 65.4 Å². The highest BCUT2D eigenvalue weighted by Gasteiger charge is 2.33. The molecule has 0 amide bonds. The fourth-order valence-electron chi connectivity index (χ4n) is 5.36. The van der Waals surface area contributed by atoms with Gasteiger partial charge in [-0.1, -0.05) is 31.0 Å². The third-order valence-corrected chi connectivity index (χ3v) is 7.08. The molecule has 0 aliphatic heterocycles. The minimum absolute atomic E-state index is 0.0465. The highest BCUT2D eigenvalue weighted by atomic mass is 16.4. The molecular weight excluding hydrogens is 446 g/mol. The summed E-state index contributed by atoms with van der Waals surface area (Å²) in [6.45, 7) is 3.11. The SMILES string of the molecule is Cc1[nH]cnc1CC1CCc2c(c3ccccc3n2CC2CCCC2)C1=O.O=C(O)C=CC(=O)O. The van der Waals surface area contributed by atoms with Crippen LogP contribution in [0.2, 0.25) is 0 Å². The molecule has 1 unspecified atom stereocenters. The summed E-state index contributed by atoms with van der Waals surface area (Å²) in [5.41, 5.74) is 5.64. The van der Waals surface area contributed by atoms with E-state index in [2.05, 4.69) is 38.8 Å². The van der Waals surface area contributed by atoms with Crippen LogP contribution in [-0.4, -0.2) is 42.5 Å².